The van der Waals surface area contributed by atoms with Crippen LogP contribution in [-0.4, -0.2) is 56.4 Å². The Labute approximate surface area is 171 Å². The Morgan fingerprint density at radius 1 is 1.10 bits per heavy atom. The number of fused-ring (bicyclic) bond motifs is 1. The molecule has 7 heteroatoms. The first kappa shape index (κ1) is 21.0. The zero-order chi connectivity index (χ0) is 20.6. The Morgan fingerprint density at radius 2 is 1.83 bits per heavy atom. The van der Waals surface area contributed by atoms with Gasteiger partial charge in [-0.25, -0.2) is 4.79 Å². The van der Waals surface area contributed by atoms with Crippen molar-refractivity contribution in [2.24, 2.45) is 5.92 Å². The van der Waals surface area contributed by atoms with Crippen LogP contribution in [0.4, 0.5) is 10.5 Å². The van der Waals surface area contributed by atoms with Crippen LogP contribution in [0.1, 0.15) is 18.1 Å². The predicted molar refractivity (Wildman–Crippen MR) is 113 cm³/mol. The number of amides is 2. The van der Waals surface area contributed by atoms with Crippen LogP contribution in [-0.2, 0) is 0 Å². The van der Waals surface area contributed by atoms with Crippen LogP contribution in [0.25, 0.3) is 0 Å². The summed E-state index contributed by atoms with van der Waals surface area (Å²) in [7, 11) is 3.89. The third-order valence-electron chi connectivity index (χ3n) is 4.72. The van der Waals surface area contributed by atoms with Crippen LogP contribution in [0, 0.1) is 5.92 Å². The van der Waals surface area contributed by atoms with Crippen molar-refractivity contribution >= 4 is 11.7 Å². The quantitative estimate of drug-likeness (QED) is 0.667. The monoisotopic (exact) mass is 399 g/mol. The van der Waals surface area contributed by atoms with Gasteiger partial charge in [0.05, 0.1) is 19.3 Å². The number of aliphatic hydroxyl groups excluding tert-OH is 1. The van der Waals surface area contributed by atoms with Crippen molar-refractivity contribution in [2.45, 2.75) is 12.5 Å². The number of hydrogen-bond acceptors (Lipinski definition) is 5. The average molecular weight is 399 g/mol. The van der Waals surface area contributed by atoms with Gasteiger partial charge in [0.2, 0.25) is 0 Å². The van der Waals surface area contributed by atoms with Crippen LogP contribution < -0.4 is 20.1 Å². The molecule has 2 aromatic carbocycles. The Hall–Kier alpha value is -2.77. The second-order valence-electron chi connectivity index (χ2n) is 7.42. The van der Waals surface area contributed by atoms with Gasteiger partial charge in [0.15, 0.2) is 11.5 Å². The number of anilines is 1. The third-order valence-corrected chi connectivity index (χ3v) is 4.72. The van der Waals surface area contributed by atoms with Crippen LogP contribution >= 0.6 is 0 Å². The van der Waals surface area contributed by atoms with E-state index in [2.05, 4.69) is 10.6 Å². The predicted octanol–water partition coefficient (Wildman–Crippen LogP) is 2.88. The first-order valence-corrected chi connectivity index (χ1v) is 9.85. The number of ether oxygens (including phenoxy) is 2. The average Bonchev–Trinajstić information content (AvgIpc) is 2.96. The van der Waals surface area contributed by atoms with Gasteiger partial charge in [-0.05, 0) is 31.8 Å². The van der Waals surface area contributed by atoms with Crippen LogP contribution in [0.3, 0.4) is 0 Å². The minimum atomic E-state index is -0.669. The molecule has 1 aliphatic rings. The lowest BCUT2D eigenvalue weighted by atomic mass is 9.95. The van der Waals surface area contributed by atoms with E-state index < -0.39 is 6.10 Å². The van der Waals surface area contributed by atoms with Gasteiger partial charge in [0, 0.05) is 37.2 Å². The molecule has 2 aromatic rings. The van der Waals surface area contributed by atoms with Gasteiger partial charge in [-0.1, -0.05) is 30.3 Å². The SMILES string of the molecule is CN(C)CC(CNC(=O)Nc1ccc2c(c1)OCCCO2)C(O)c1ccccc1. The highest BCUT2D eigenvalue weighted by molar-refractivity contribution is 5.89. The van der Waals surface area contributed by atoms with Crippen molar-refractivity contribution in [3.05, 3.63) is 54.1 Å². The van der Waals surface area contributed by atoms with Gasteiger partial charge >= 0.3 is 6.03 Å². The van der Waals surface area contributed by atoms with Crippen LogP contribution in [0.2, 0.25) is 0 Å². The summed E-state index contributed by atoms with van der Waals surface area (Å²) in [5, 5.41) is 16.5. The molecule has 0 aromatic heterocycles. The normalized spacial score (nSPS) is 15.3. The smallest absolute Gasteiger partial charge is 0.319 e. The molecule has 1 aliphatic heterocycles. The van der Waals surface area contributed by atoms with Crippen molar-refractivity contribution in [2.75, 3.05) is 45.7 Å². The van der Waals surface area contributed by atoms with Gasteiger partial charge in [0.25, 0.3) is 0 Å². The van der Waals surface area contributed by atoms with Crippen molar-refractivity contribution in [3.63, 3.8) is 0 Å². The van der Waals surface area contributed by atoms with Gasteiger partial charge in [0.1, 0.15) is 0 Å². The van der Waals surface area contributed by atoms with Crippen molar-refractivity contribution < 1.29 is 19.4 Å². The zero-order valence-electron chi connectivity index (χ0n) is 16.9. The number of urea groups is 1. The molecule has 7 nitrogen and oxygen atoms in total. The van der Waals surface area contributed by atoms with E-state index in [1.165, 1.54) is 0 Å². The number of nitrogens with zero attached hydrogens (tertiary/aromatic N) is 1. The molecule has 2 atom stereocenters. The molecule has 3 N–H and O–H groups in total. The van der Waals surface area contributed by atoms with E-state index in [9.17, 15) is 9.90 Å². The van der Waals surface area contributed by atoms with Gasteiger partial charge in [-0.3, -0.25) is 0 Å². The fourth-order valence-corrected chi connectivity index (χ4v) is 3.31. The topological polar surface area (TPSA) is 83.1 Å². The van der Waals surface area contributed by atoms with Crippen molar-refractivity contribution in [1.29, 1.82) is 0 Å². The van der Waals surface area contributed by atoms with Crippen LogP contribution in [0.5, 0.6) is 11.5 Å². The second kappa shape index (κ2) is 10.1. The first-order valence-electron chi connectivity index (χ1n) is 9.85. The summed E-state index contributed by atoms with van der Waals surface area (Å²) in [6.07, 6.45) is 0.159. The Kier molecular flexibility index (Phi) is 7.32. The maximum atomic E-state index is 12.4. The van der Waals surface area contributed by atoms with E-state index in [1.807, 2.05) is 49.3 Å². The fraction of sp³-hybridized carbons (Fsp3) is 0.409. The van der Waals surface area contributed by atoms with Gasteiger partial charge in [-0.15, -0.1) is 0 Å². The molecule has 0 radical (unpaired) electrons. The highest BCUT2D eigenvalue weighted by atomic mass is 16.5. The highest BCUT2D eigenvalue weighted by Gasteiger charge is 2.22. The molecule has 2 amide bonds. The van der Waals surface area contributed by atoms with E-state index in [4.69, 9.17) is 9.47 Å². The number of aliphatic hydroxyl groups is 1. The Morgan fingerprint density at radius 3 is 2.55 bits per heavy atom. The largest absolute Gasteiger partial charge is 0.490 e. The summed E-state index contributed by atoms with van der Waals surface area (Å²) in [4.78, 5) is 14.4. The van der Waals surface area contributed by atoms with E-state index >= 15 is 0 Å². The van der Waals surface area contributed by atoms with E-state index in [0.29, 0.717) is 43.5 Å². The maximum Gasteiger partial charge on any atom is 0.319 e. The number of nitrogens with one attached hydrogen (secondary N) is 2. The lowest BCUT2D eigenvalue weighted by molar-refractivity contribution is 0.0911. The third kappa shape index (κ3) is 6.10. The molecule has 0 bridgehead atoms. The maximum absolute atomic E-state index is 12.4. The number of rotatable bonds is 7. The number of carbonyl (C=O) groups excluding carboxylic acids is 1. The molecule has 3 rings (SSSR count). The molecule has 0 spiro atoms. The summed E-state index contributed by atoms with van der Waals surface area (Å²) in [5.41, 5.74) is 1.46. The molecule has 0 aliphatic carbocycles. The minimum absolute atomic E-state index is 0.151. The lowest BCUT2D eigenvalue weighted by Crippen LogP contribution is -2.39. The number of benzene rings is 2. The molecular weight excluding hydrogens is 370 g/mol. The summed E-state index contributed by atoms with van der Waals surface area (Å²) in [6, 6.07) is 14.5. The Balaban J connectivity index is 1.59. The molecule has 29 heavy (non-hydrogen) atoms. The van der Waals surface area contributed by atoms with Crippen molar-refractivity contribution in [1.82, 2.24) is 10.2 Å². The summed E-state index contributed by atoms with van der Waals surface area (Å²) < 4.78 is 11.3. The van der Waals surface area contributed by atoms with Crippen molar-refractivity contribution in [3.8, 4) is 11.5 Å². The van der Waals surface area contributed by atoms with E-state index in [-0.39, 0.29) is 11.9 Å². The summed E-state index contributed by atoms with van der Waals surface area (Å²) >= 11 is 0. The van der Waals surface area contributed by atoms with Gasteiger partial charge < -0.3 is 30.1 Å². The molecule has 2 unspecified atom stereocenters. The highest BCUT2D eigenvalue weighted by Crippen LogP contribution is 2.32. The van der Waals surface area contributed by atoms with E-state index in [1.54, 1.807) is 18.2 Å². The Bertz CT molecular complexity index is 798. The van der Waals surface area contributed by atoms with Crippen LogP contribution in [0.15, 0.2) is 48.5 Å². The van der Waals surface area contributed by atoms with E-state index in [0.717, 1.165) is 12.0 Å². The minimum Gasteiger partial charge on any atom is -0.490 e. The standard InChI is InChI=1S/C22H29N3O4/c1-25(2)15-17(21(26)16-7-4-3-5-8-16)14-23-22(27)24-18-9-10-19-20(13-18)29-12-6-11-28-19/h3-5,7-10,13,17,21,26H,6,11-12,14-15H2,1-2H3,(H2,23,24,27). The summed E-state index contributed by atoms with van der Waals surface area (Å²) in [6.45, 7) is 2.19. The molecule has 1 heterocycles. The summed E-state index contributed by atoms with van der Waals surface area (Å²) in [5.74, 6) is 1.16. The fourth-order valence-electron chi connectivity index (χ4n) is 3.31. The number of carbonyl (C=O) groups is 1. The number of hydrogen-bond donors (Lipinski definition) is 3. The second-order valence-corrected chi connectivity index (χ2v) is 7.42. The van der Waals surface area contributed by atoms with Gasteiger partial charge in [-0.2, -0.15) is 0 Å². The first-order chi connectivity index (χ1) is 14.0. The molecule has 156 valence electrons. The lowest BCUT2D eigenvalue weighted by Gasteiger charge is -2.26. The molecular formula is C22H29N3O4. The molecule has 0 saturated carbocycles. The zero-order valence-corrected chi connectivity index (χ0v) is 16.9. The molecule has 0 fully saturated rings. The molecule has 0 saturated heterocycles.